The van der Waals surface area contributed by atoms with Crippen molar-refractivity contribution in [3.63, 3.8) is 0 Å². The Morgan fingerprint density at radius 2 is 2.09 bits per heavy atom. The lowest BCUT2D eigenvalue weighted by atomic mass is 9.98. The molecule has 0 amide bonds. The fourth-order valence-electron chi connectivity index (χ4n) is 3.20. The van der Waals surface area contributed by atoms with E-state index < -0.39 is 0 Å². The molecule has 1 aliphatic heterocycles. The van der Waals surface area contributed by atoms with Crippen LogP contribution >= 0.6 is 32.9 Å². The Bertz CT molecular complexity index is 708. The molecular weight excluding hydrogens is 346 g/mol. The van der Waals surface area contributed by atoms with Crippen LogP contribution in [0.2, 0.25) is 0 Å². The predicted molar refractivity (Wildman–Crippen MR) is 99.9 cm³/mol. The molecule has 0 saturated carbocycles. The average molecular weight is 368 g/mol. The number of phenolic OH excluding ortho intramolecular Hbond substituents is 1. The number of hydrogen-bond donors (Lipinski definition) is 2. The maximum absolute atomic E-state index is 10.2. The van der Waals surface area contributed by atoms with Gasteiger partial charge in [-0.3, -0.25) is 4.90 Å². The van der Waals surface area contributed by atoms with Gasteiger partial charge in [0.05, 0.1) is 0 Å². The Morgan fingerprint density at radius 1 is 1.22 bits per heavy atom. The molecule has 1 saturated heterocycles. The lowest BCUT2D eigenvalue weighted by Crippen LogP contribution is -2.39. The first-order valence-corrected chi connectivity index (χ1v) is 10.5. The van der Waals surface area contributed by atoms with E-state index in [9.17, 15) is 10.2 Å². The van der Waals surface area contributed by atoms with Gasteiger partial charge in [-0.1, -0.05) is 39.3 Å². The third-order valence-corrected chi connectivity index (χ3v) is 7.32. The van der Waals surface area contributed by atoms with Gasteiger partial charge in [0.15, 0.2) is 0 Å². The molecule has 2 aromatic rings. The highest BCUT2D eigenvalue weighted by atomic mass is 32.9. The Kier molecular flexibility index (Phi) is 5.82. The molecule has 1 fully saturated rings. The zero-order chi connectivity index (χ0) is 16.2. The van der Waals surface area contributed by atoms with Crippen molar-refractivity contribution in [1.29, 1.82) is 0 Å². The first-order valence-electron chi connectivity index (χ1n) is 7.94. The Balaban J connectivity index is 1.82. The average Bonchev–Trinajstić information content (AvgIpc) is 2.98. The van der Waals surface area contributed by atoms with Crippen LogP contribution in [0.3, 0.4) is 0 Å². The van der Waals surface area contributed by atoms with Gasteiger partial charge in [0, 0.05) is 29.6 Å². The molecule has 1 aliphatic rings. The van der Waals surface area contributed by atoms with E-state index in [4.69, 9.17) is 12.2 Å². The zero-order valence-corrected chi connectivity index (χ0v) is 15.4. The van der Waals surface area contributed by atoms with Crippen LogP contribution in [0.15, 0.2) is 24.3 Å². The molecule has 6 heteroatoms. The summed E-state index contributed by atoms with van der Waals surface area (Å²) in [6.45, 7) is 2.00. The summed E-state index contributed by atoms with van der Waals surface area (Å²) in [5.74, 6) is 0.348. The molecule has 2 heterocycles. The number of piperidine rings is 1. The highest BCUT2D eigenvalue weighted by Crippen LogP contribution is 2.33. The first kappa shape index (κ1) is 17.0. The molecule has 0 spiro atoms. The van der Waals surface area contributed by atoms with Gasteiger partial charge in [-0.05, 0) is 55.6 Å². The van der Waals surface area contributed by atoms with E-state index in [0.29, 0.717) is 11.8 Å². The van der Waals surface area contributed by atoms with E-state index in [1.165, 1.54) is 12.8 Å². The summed E-state index contributed by atoms with van der Waals surface area (Å²) in [5, 5.41) is 19.5. The molecule has 2 N–H and O–H groups in total. The molecule has 23 heavy (non-hydrogen) atoms. The topological polar surface area (TPSA) is 43.7 Å². The highest BCUT2D eigenvalue weighted by Gasteiger charge is 2.22. The Morgan fingerprint density at radius 3 is 2.83 bits per heavy atom. The van der Waals surface area contributed by atoms with Gasteiger partial charge in [0.2, 0.25) is 0 Å². The van der Waals surface area contributed by atoms with Crippen LogP contribution in [0.4, 0.5) is 0 Å². The normalized spacial score (nSPS) is 19.1. The molecule has 1 aromatic carbocycles. The SMILES string of the molecule is OCCC1CCCCN1Cc1cc(-c2cc(=S)ss2)ccc1O. The summed E-state index contributed by atoms with van der Waals surface area (Å²) in [7, 11) is 3.29. The maximum Gasteiger partial charge on any atom is 0.120 e. The molecule has 1 unspecified atom stereocenters. The minimum absolute atomic E-state index is 0.228. The van der Waals surface area contributed by atoms with E-state index in [1.54, 1.807) is 26.7 Å². The van der Waals surface area contributed by atoms with Crippen LogP contribution in [-0.2, 0) is 6.54 Å². The summed E-state index contributed by atoms with van der Waals surface area (Å²) in [6.07, 6.45) is 4.36. The van der Waals surface area contributed by atoms with E-state index in [0.717, 1.165) is 45.8 Å². The van der Waals surface area contributed by atoms with Crippen molar-refractivity contribution in [2.75, 3.05) is 13.2 Å². The second-order valence-corrected chi connectivity index (χ2v) is 8.88. The van der Waals surface area contributed by atoms with Gasteiger partial charge in [-0.15, -0.1) is 0 Å². The molecule has 124 valence electrons. The van der Waals surface area contributed by atoms with Crippen molar-refractivity contribution in [3.05, 3.63) is 33.7 Å². The lowest BCUT2D eigenvalue weighted by Gasteiger charge is -2.35. The van der Waals surface area contributed by atoms with Crippen molar-refractivity contribution in [1.82, 2.24) is 4.90 Å². The number of phenols is 1. The monoisotopic (exact) mass is 367 g/mol. The lowest BCUT2D eigenvalue weighted by molar-refractivity contribution is 0.111. The Labute approximate surface area is 149 Å². The number of rotatable bonds is 5. The second kappa shape index (κ2) is 7.85. The van der Waals surface area contributed by atoms with Gasteiger partial charge < -0.3 is 10.2 Å². The molecule has 0 bridgehead atoms. The van der Waals surface area contributed by atoms with Crippen LogP contribution < -0.4 is 0 Å². The summed E-state index contributed by atoms with van der Waals surface area (Å²) in [4.78, 5) is 3.56. The van der Waals surface area contributed by atoms with Gasteiger partial charge in [0.25, 0.3) is 0 Å². The third-order valence-electron chi connectivity index (χ3n) is 4.41. The molecule has 1 aromatic heterocycles. The van der Waals surface area contributed by atoms with Crippen LogP contribution in [0, 0.1) is 3.82 Å². The number of hydrogen-bond acceptors (Lipinski definition) is 6. The van der Waals surface area contributed by atoms with E-state index in [1.807, 2.05) is 12.1 Å². The maximum atomic E-state index is 10.2. The van der Waals surface area contributed by atoms with Crippen molar-refractivity contribution < 1.29 is 10.2 Å². The van der Waals surface area contributed by atoms with Crippen molar-refractivity contribution in [3.8, 4) is 16.2 Å². The number of aliphatic hydroxyl groups is 1. The van der Waals surface area contributed by atoms with Crippen molar-refractivity contribution in [2.24, 2.45) is 0 Å². The van der Waals surface area contributed by atoms with Gasteiger partial charge in [-0.25, -0.2) is 0 Å². The van der Waals surface area contributed by atoms with E-state index in [-0.39, 0.29) is 6.61 Å². The van der Waals surface area contributed by atoms with Gasteiger partial charge in [0.1, 0.15) is 9.57 Å². The third kappa shape index (κ3) is 4.19. The summed E-state index contributed by atoms with van der Waals surface area (Å²) in [5.41, 5.74) is 2.07. The summed E-state index contributed by atoms with van der Waals surface area (Å²) < 4.78 is 0.902. The quantitative estimate of drug-likeness (QED) is 0.596. The van der Waals surface area contributed by atoms with Crippen LogP contribution in [0.25, 0.3) is 10.4 Å². The molecule has 0 radical (unpaired) electrons. The van der Waals surface area contributed by atoms with Crippen LogP contribution in [0.1, 0.15) is 31.2 Å². The number of benzene rings is 1. The second-order valence-electron chi connectivity index (χ2n) is 5.97. The molecular formula is C17H21NO2S3. The number of aliphatic hydroxyl groups excluding tert-OH is 1. The molecule has 3 nitrogen and oxygen atoms in total. The minimum atomic E-state index is 0.228. The summed E-state index contributed by atoms with van der Waals surface area (Å²) in [6, 6.07) is 8.25. The number of aromatic hydroxyl groups is 1. The number of nitrogens with zero attached hydrogens (tertiary/aromatic N) is 1. The fraction of sp³-hybridized carbons (Fsp3) is 0.471. The number of likely N-dealkylation sites (tertiary alicyclic amines) is 1. The molecule has 0 aliphatic carbocycles. The molecule has 3 rings (SSSR count). The highest BCUT2D eigenvalue weighted by molar-refractivity contribution is 7.80. The first-order chi connectivity index (χ1) is 11.2. The van der Waals surface area contributed by atoms with Crippen LogP contribution in [0.5, 0.6) is 5.75 Å². The molecule has 1 atom stereocenters. The summed E-state index contributed by atoms with van der Waals surface area (Å²) >= 11 is 5.21. The standard InChI is InChI=1S/C17H21NO2S3/c19-8-6-14-3-1-2-7-18(14)11-13-9-12(4-5-15(13)20)16-10-17(21)23-22-16/h4-5,9-10,14,19-20H,1-3,6-8,11H2. The largest absolute Gasteiger partial charge is 0.508 e. The van der Waals surface area contributed by atoms with E-state index in [2.05, 4.69) is 11.0 Å². The van der Waals surface area contributed by atoms with Gasteiger partial charge in [-0.2, -0.15) is 0 Å². The van der Waals surface area contributed by atoms with Gasteiger partial charge >= 0.3 is 0 Å². The van der Waals surface area contributed by atoms with Crippen molar-refractivity contribution >= 4 is 32.9 Å². The van der Waals surface area contributed by atoms with Crippen molar-refractivity contribution in [2.45, 2.75) is 38.3 Å². The fourth-order valence-corrected chi connectivity index (χ4v) is 5.59. The smallest absolute Gasteiger partial charge is 0.120 e. The zero-order valence-electron chi connectivity index (χ0n) is 12.9. The van der Waals surface area contributed by atoms with E-state index >= 15 is 0 Å². The van der Waals surface area contributed by atoms with Crippen LogP contribution in [-0.4, -0.2) is 34.3 Å². The Hall–Kier alpha value is -0.790. The predicted octanol–water partition coefficient (Wildman–Crippen LogP) is 4.65. The minimum Gasteiger partial charge on any atom is -0.508 e.